The summed E-state index contributed by atoms with van der Waals surface area (Å²) in [5.74, 6) is 7.40. The molecular weight excluding hydrogens is 260 g/mol. The minimum Gasteiger partial charge on any atom is -0.360 e. The molecule has 0 aliphatic carbocycles. The number of piperazine rings is 1. The van der Waals surface area contributed by atoms with Gasteiger partial charge in [0.05, 0.1) is 18.0 Å². The summed E-state index contributed by atoms with van der Waals surface area (Å²) in [6.07, 6.45) is 2.99. The minimum atomic E-state index is 0.0524. The summed E-state index contributed by atoms with van der Waals surface area (Å²) in [7, 11) is 0. The predicted octanol–water partition coefficient (Wildman–Crippen LogP) is -0.924. The first-order chi connectivity index (χ1) is 9.78. The van der Waals surface area contributed by atoms with Crippen molar-refractivity contribution in [2.75, 3.05) is 37.7 Å². The second-order valence-electron chi connectivity index (χ2n) is 4.22. The summed E-state index contributed by atoms with van der Waals surface area (Å²) in [5.41, 5.74) is 0.839. The molecule has 2 heterocycles. The fourth-order valence-electron chi connectivity index (χ4n) is 1.98. The van der Waals surface area contributed by atoms with Crippen molar-refractivity contribution < 1.29 is 9.63 Å². The molecule has 0 unspecified atom stereocenters. The van der Waals surface area contributed by atoms with Crippen molar-refractivity contribution in [1.82, 2.24) is 14.9 Å². The third kappa shape index (κ3) is 3.10. The van der Waals surface area contributed by atoms with Crippen LogP contribution in [0.25, 0.3) is 0 Å². The Hall–Kier alpha value is -2.46. The van der Waals surface area contributed by atoms with Gasteiger partial charge in [-0.3, -0.25) is 4.84 Å². The molecular formula is C12H14N6O2. The van der Waals surface area contributed by atoms with Crippen LogP contribution in [0.3, 0.4) is 0 Å². The summed E-state index contributed by atoms with van der Waals surface area (Å²) in [4.78, 5) is 27.4. The maximum absolute atomic E-state index is 10.8. The van der Waals surface area contributed by atoms with E-state index >= 15 is 0 Å². The van der Waals surface area contributed by atoms with Crippen molar-refractivity contribution >= 4 is 11.9 Å². The molecule has 0 aromatic carbocycles. The van der Waals surface area contributed by atoms with Gasteiger partial charge < -0.3 is 9.80 Å². The molecule has 2 N–H and O–H groups in total. The first-order valence-electron chi connectivity index (χ1n) is 6.06. The second-order valence-corrected chi connectivity index (χ2v) is 4.22. The average molecular weight is 274 g/mol. The van der Waals surface area contributed by atoms with E-state index < -0.39 is 0 Å². The van der Waals surface area contributed by atoms with Crippen LogP contribution in [-0.2, 0) is 9.63 Å². The molecule has 0 bridgehead atoms. The number of nitrogens with zero attached hydrogens (tertiary/aromatic N) is 5. The minimum absolute atomic E-state index is 0.0524. The van der Waals surface area contributed by atoms with E-state index in [9.17, 15) is 4.79 Å². The second kappa shape index (κ2) is 6.63. The highest BCUT2D eigenvalue weighted by molar-refractivity contribution is 5.52. The SMILES string of the molecule is N#Cc1cnc(N2CCN(C(=C=O)CON)CC2)nc1. The highest BCUT2D eigenvalue weighted by Crippen LogP contribution is 2.13. The average Bonchev–Trinajstić information content (AvgIpc) is 2.53. The predicted molar refractivity (Wildman–Crippen MR) is 69.9 cm³/mol. The van der Waals surface area contributed by atoms with Gasteiger partial charge in [0.15, 0.2) is 0 Å². The fraction of sp³-hybridized carbons (Fsp3) is 0.417. The molecule has 0 amide bonds. The molecule has 1 aromatic heterocycles. The Morgan fingerprint density at radius 3 is 2.50 bits per heavy atom. The molecule has 8 nitrogen and oxygen atoms in total. The molecule has 2 rings (SSSR count). The van der Waals surface area contributed by atoms with E-state index in [-0.39, 0.29) is 6.61 Å². The molecule has 1 aliphatic heterocycles. The number of hydrogen-bond donors (Lipinski definition) is 1. The molecule has 1 aromatic rings. The van der Waals surface area contributed by atoms with Crippen molar-refractivity contribution in [3.05, 3.63) is 23.7 Å². The molecule has 104 valence electrons. The van der Waals surface area contributed by atoms with E-state index in [1.807, 2.05) is 21.8 Å². The Morgan fingerprint density at radius 1 is 1.35 bits per heavy atom. The number of aromatic nitrogens is 2. The van der Waals surface area contributed by atoms with Gasteiger partial charge in [-0.05, 0) is 0 Å². The van der Waals surface area contributed by atoms with Crippen LogP contribution in [0.5, 0.6) is 0 Å². The Balaban J connectivity index is 1.97. The quantitative estimate of drug-likeness (QED) is 0.554. The molecule has 0 saturated carbocycles. The molecule has 1 aliphatic rings. The highest BCUT2D eigenvalue weighted by atomic mass is 16.6. The summed E-state index contributed by atoms with van der Waals surface area (Å²) < 4.78 is 0. The Labute approximate surface area is 116 Å². The maximum atomic E-state index is 10.8. The van der Waals surface area contributed by atoms with Gasteiger partial charge in [0.1, 0.15) is 24.3 Å². The Morgan fingerprint density at radius 2 is 2.00 bits per heavy atom. The van der Waals surface area contributed by atoms with Gasteiger partial charge in [-0.1, -0.05) is 0 Å². The largest absolute Gasteiger partial charge is 0.360 e. The van der Waals surface area contributed by atoms with Crippen LogP contribution in [0.4, 0.5) is 5.95 Å². The number of anilines is 1. The van der Waals surface area contributed by atoms with E-state index in [1.165, 1.54) is 12.4 Å². The highest BCUT2D eigenvalue weighted by Gasteiger charge is 2.21. The van der Waals surface area contributed by atoms with E-state index in [1.54, 1.807) is 0 Å². The van der Waals surface area contributed by atoms with Gasteiger partial charge in [0.25, 0.3) is 0 Å². The topological polar surface area (TPSA) is 108 Å². The van der Waals surface area contributed by atoms with E-state index in [4.69, 9.17) is 11.2 Å². The normalized spacial score (nSPS) is 14.6. The molecule has 0 spiro atoms. The zero-order valence-electron chi connectivity index (χ0n) is 10.8. The molecule has 1 fully saturated rings. The van der Waals surface area contributed by atoms with Gasteiger partial charge >= 0.3 is 0 Å². The van der Waals surface area contributed by atoms with Gasteiger partial charge in [0, 0.05) is 26.2 Å². The Bertz CT molecular complexity index is 538. The van der Waals surface area contributed by atoms with E-state index in [0.717, 1.165) is 0 Å². The third-order valence-corrected chi connectivity index (χ3v) is 3.05. The van der Waals surface area contributed by atoms with Gasteiger partial charge in [-0.2, -0.15) is 5.26 Å². The van der Waals surface area contributed by atoms with E-state index in [2.05, 4.69) is 14.8 Å². The zero-order valence-corrected chi connectivity index (χ0v) is 10.8. The van der Waals surface area contributed by atoms with Crippen LogP contribution >= 0.6 is 0 Å². The number of nitrogens with two attached hydrogens (primary N) is 1. The summed E-state index contributed by atoms with van der Waals surface area (Å²) in [5, 5.41) is 8.70. The smallest absolute Gasteiger partial charge is 0.225 e. The first-order valence-corrected chi connectivity index (χ1v) is 6.06. The molecule has 8 heteroatoms. The fourth-order valence-corrected chi connectivity index (χ4v) is 1.98. The number of carbonyl (C=O) groups excluding carboxylic acids is 1. The monoisotopic (exact) mass is 274 g/mol. The van der Waals surface area contributed by atoms with Crippen LogP contribution < -0.4 is 10.8 Å². The molecule has 0 radical (unpaired) electrons. The number of nitriles is 1. The van der Waals surface area contributed by atoms with Crippen molar-refractivity contribution in [3.63, 3.8) is 0 Å². The lowest BCUT2D eigenvalue weighted by atomic mass is 10.3. The van der Waals surface area contributed by atoms with Crippen LogP contribution in [0.15, 0.2) is 18.1 Å². The summed E-state index contributed by atoms with van der Waals surface area (Å²) >= 11 is 0. The standard InChI is InChI=1S/C12H14N6O2/c13-5-10-6-15-12(16-7-10)18-3-1-17(2-4-18)11(8-19)9-20-14/h6-7H,1-4,9,14H2. The Kier molecular flexibility index (Phi) is 4.63. The lowest BCUT2D eigenvalue weighted by molar-refractivity contribution is 0.136. The van der Waals surface area contributed by atoms with Crippen molar-refractivity contribution in [3.8, 4) is 6.07 Å². The van der Waals surface area contributed by atoms with E-state index in [0.29, 0.717) is 43.4 Å². The van der Waals surface area contributed by atoms with Crippen LogP contribution in [-0.4, -0.2) is 53.6 Å². The van der Waals surface area contributed by atoms with Crippen molar-refractivity contribution in [1.29, 1.82) is 5.26 Å². The molecule has 0 atom stereocenters. The van der Waals surface area contributed by atoms with Gasteiger partial charge in [0.2, 0.25) is 5.95 Å². The summed E-state index contributed by atoms with van der Waals surface area (Å²) in [6.45, 7) is 2.66. The lowest BCUT2D eigenvalue weighted by Crippen LogP contribution is -2.47. The lowest BCUT2D eigenvalue weighted by Gasteiger charge is -2.35. The van der Waals surface area contributed by atoms with Crippen molar-refractivity contribution in [2.24, 2.45) is 5.90 Å². The van der Waals surface area contributed by atoms with Gasteiger partial charge in [-0.15, -0.1) is 0 Å². The number of hydrogen-bond acceptors (Lipinski definition) is 8. The maximum Gasteiger partial charge on any atom is 0.225 e. The molecule has 1 saturated heterocycles. The molecule has 20 heavy (non-hydrogen) atoms. The van der Waals surface area contributed by atoms with Crippen LogP contribution in [0, 0.1) is 11.3 Å². The summed E-state index contributed by atoms with van der Waals surface area (Å²) in [6, 6.07) is 1.98. The van der Waals surface area contributed by atoms with Crippen LogP contribution in [0.2, 0.25) is 0 Å². The first kappa shape index (κ1) is 14.0. The number of rotatable bonds is 4. The zero-order chi connectivity index (χ0) is 14.4. The van der Waals surface area contributed by atoms with Gasteiger partial charge in [-0.25, -0.2) is 20.7 Å². The van der Waals surface area contributed by atoms with Crippen LogP contribution in [0.1, 0.15) is 5.56 Å². The van der Waals surface area contributed by atoms with Crippen molar-refractivity contribution in [2.45, 2.75) is 0 Å². The third-order valence-electron chi connectivity index (χ3n) is 3.05.